The maximum absolute atomic E-state index is 14.3. The van der Waals surface area contributed by atoms with E-state index in [2.05, 4.69) is 4.98 Å². The minimum atomic E-state index is -4.41. The molecule has 0 radical (unpaired) electrons. The van der Waals surface area contributed by atoms with Crippen LogP contribution in [0, 0.1) is 23.3 Å². The summed E-state index contributed by atoms with van der Waals surface area (Å²) < 4.78 is 83.0. The first-order valence-electron chi connectivity index (χ1n) is 9.33. The van der Waals surface area contributed by atoms with Crippen molar-refractivity contribution >= 4 is 26.8 Å². The number of hydrogen-bond donors (Lipinski definition) is 1. The molecule has 0 unspecified atom stereocenters. The first-order chi connectivity index (χ1) is 14.6. The van der Waals surface area contributed by atoms with Crippen molar-refractivity contribution in [2.24, 2.45) is 0 Å². The molecule has 1 aliphatic heterocycles. The molecule has 4 rings (SSSR count). The van der Waals surface area contributed by atoms with Crippen molar-refractivity contribution in [1.82, 2.24) is 14.2 Å². The Morgan fingerprint density at radius 1 is 1.00 bits per heavy atom. The Labute approximate surface area is 175 Å². The molecule has 1 atom stereocenters. The fourth-order valence-electron chi connectivity index (χ4n) is 3.78. The molecule has 1 fully saturated rings. The Balaban J connectivity index is 1.66. The van der Waals surface area contributed by atoms with E-state index in [0.29, 0.717) is 5.56 Å². The van der Waals surface area contributed by atoms with E-state index in [0.717, 1.165) is 10.5 Å². The van der Waals surface area contributed by atoms with Crippen LogP contribution in [0.4, 0.5) is 17.6 Å². The van der Waals surface area contributed by atoms with Crippen LogP contribution in [0.25, 0.3) is 10.9 Å². The van der Waals surface area contributed by atoms with Crippen molar-refractivity contribution in [3.8, 4) is 0 Å². The summed E-state index contributed by atoms with van der Waals surface area (Å²) in [5.74, 6) is -7.88. The topological polar surface area (TPSA) is 73.5 Å². The van der Waals surface area contributed by atoms with Gasteiger partial charge in [0, 0.05) is 37.4 Å². The van der Waals surface area contributed by atoms with Gasteiger partial charge in [0.1, 0.15) is 4.90 Å². The lowest BCUT2D eigenvalue weighted by Gasteiger charge is -2.38. The minimum Gasteiger partial charge on any atom is -0.357 e. The Morgan fingerprint density at radius 2 is 1.65 bits per heavy atom. The standard InChI is InChI=1S/C20H17F4N3O3S/c1-11-10-26(20(28)12-5-3-2-4-6-12)7-8-27(11)31(29,30)13-9-25-19-14(13)15(21)16(22)17(23)18(19)24/h2-6,9,11,25H,7-8,10H2,1H3/t11-/m1/s1. The normalized spacial score (nSPS) is 18.0. The minimum absolute atomic E-state index is 0.0646. The number of H-pyrrole nitrogens is 1. The third kappa shape index (κ3) is 3.37. The van der Waals surface area contributed by atoms with E-state index >= 15 is 0 Å². The van der Waals surface area contributed by atoms with E-state index in [-0.39, 0.29) is 25.5 Å². The van der Waals surface area contributed by atoms with Crippen LogP contribution in [-0.4, -0.2) is 54.2 Å². The Morgan fingerprint density at radius 3 is 2.29 bits per heavy atom. The second-order valence-corrected chi connectivity index (χ2v) is 9.10. The lowest BCUT2D eigenvalue weighted by Crippen LogP contribution is -2.55. The van der Waals surface area contributed by atoms with Gasteiger partial charge < -0.3 is 9.88 Å². The van der Waals surface area contributed by atoms with E-state index in [1.54, 1.807) is 37.3 Å². The number of aromatic amines is 1. The summed E-state index contributed by atoms with van der Waals surface area (Å²) in [5.41, 5.74) is -0.321. The van der Waals surface area contributed by atoms with Crippen LogP contribution in [0.1, 0.15) is 17.3 Å². The summed E-state index contributed by atoms with van der Waals surface area (Å²) in [4.78, 5) is 15.6. The highest BCUT2D eigenvalue weighted by atomic mass is 32.2. The number of piperazine rings is 1. The number of halogens is 4. The number of rotatable bonds is 3. The summed E-state index contributed by atoms with van der Waals surface area (Å²) in [5, 5.41) is -0.883. The Kier molecular flexibility index (Phi) is 5.26. The Hall–Kier alpha value is -2.92. The van der Waals surface area contributed by atoms with Crippen molar-refractivity contribution in [3.63, 3.8) is 0 Å². The molecule has 1 saturated heterocycles. The summed E-state index contributed by atoms with van der Waals surface area (Å²) in [6.07, 6.45) is 0.805. The van der Waals surface area contributed by atoms with Gasteiger partial charge in [-0.25, -0.2) is 26.0 Å². The zero-order chi connectivity index (χ0) is 22.5. The van der Waals surface area contributed by atoms with Crippen molar-refractivity contribution in [2.75, 3.05) is 19.6 Å². The van der Waals surface area contributed by atoms with Gasteiger partial charge in [0.05, 0.1) is 10.9 Å². The molecule has 0 bridgehead atoms. The second-order valence-electron chi connectivity index (χ2n) is 7.24. The van der Waals surface area contributed by atoms with E-state index in [9.17, 15) is 30.8 Å². The highest BCUT2D eigenvalue weighted by Gasteiger charge is 2.38. The molecule has 0 saturated carbocycles. The highest BCUT2D eigenvalue weighted by Crippen LogP contribution is 2.33. The van der Waals surface area contributed by atoms with E-state index in [1.165, 1.54) is 4.90 Å². The van der Waals surface area contributed by atoms with Crippen LogP contribution in [0.3, 0.4) is 0 Å². The number of carbonyl (C=O) groups is 1. The predicted molar refractivity (Wildman–Crippen MR) is 104 cm³/mol. The van der Waals surface area contributed by atoms with Crippen LogP contribution in [0.5, 0.6) is 0 Å². The molecule has 31 heavy (non-hydrogen) atoms. The monoisotopic (exact) mass is 455 g/mol. The van der Waals surface area contributed by atoms with Gasteiger partial charge >= 0.3 is 0 Å². The van der Waals surface area contributed by atoms with Crippen LogP contribution < -0.4 is 0 Å². The van der Waals surface area contributed by atoms with Gasteiger partial charge in [-0.3, -0.25) is 4.79 Å². The first-order valence-corrected chi connectivity index (χ1v) is 10.8. The number of carbonyl (C=O) groups excluding carboxylic acids is 1. The molecular weight excluding hydrogens is 438 g/mol. The molecule has 1 aromatic heterocycles. The maximum Gasteiger partial charge on any atom is 0.253 e. The second kappa shape index (κ2) is 7.65. The SMILES string of the molecule is C[C@@H]1CN(C(=O)c2ccccc2)CCN1S(=O)(=O)c1c[nH]c2c(F)c(F)c(F)c(F)c12. The molecule has 2 heterocycles. The van der Waals surface area contributed by atoms with E-state index in [1.807, 2.05) is 0 Å². The van der Waals surface area contributed by atoms with Gasteiger partial charge in [0.2, 0.25) is 10.0 Å². The molecule has 2 aromatic carbocycles. The fraction of sp³-hybridized carbons (Fsp3) is 0.250. The molecule has 164 valence electrons. The molecule has 0 spiro atoms. The van der Waals surface area contributed by atoms with Crippen molar-refractivity contribution in [3.05, 3.63) is 65.4 Å². The maximum atomic E-state index is 14.3. The van der Waals surface area contributed by atoms with Crippen molar-refractivity contribution < 1.29 is 30.8 Å². The number of fused-ring (bicyclic) bond motifs is 1. The largest absolute Gasteiger partial charge is 0.357 e. The number of sulfonamides is 1. The molecule has 6 nitrogen and oxygen atoms in total. The third-order valence-corrected chi connectivity index (χ3v) is 7.36. The van der Waals surface area contributed by atoms with Gasteiger partial charge in [-0.1, -0.05) is 18.2 Å². The smallest absolute Gasteiger partial charge is 0.253 e. The molecule has 1 N–H and O–H groups in total. The van der Waals surface area contributed by atoms with Crippen LogP contribution in [0.2, 0.25) is 0 Å². The molecule has 11 heteroatoms. The molecule has 0 aliphatic carbocycles. The number of aromatic nitrogens is 1. The van der Waals surface area contributed by atoms with Gasteiger partial charge in [-0.05, 0) is 19.1 Å². The first kappa shape index (κ1) is 21.3. The quantitative estimate of drug-likeness (QED) is 0.374. The van der Waals surface area contributed by atoms with Gasteiger partial charge in [0.15, 0.2) is 23.3 Å². The lowest BCUT2D eigenvalue weighted by molar-refractivity contribution is 0.0642. The fourth-order valence-corrected chi connectivity index (χ4v) is 5.56. The van der Waals surface area contributed by atoms with Crippen molar-refractivity contribution in [2.45, 2.75) is 17.9 Å². The van der Waals surface area contributed by atoms with Crippen LogP contribution in [-0.2, 0) is 10.0 Å². The average molecular weight is 455 g/mol. The molecule has 1 amide bonds. The van der Waals surface area contributed by atoms with Crippen LogP contribution >= 0.6 is 0 Å². The number of benzene rings is 2. The van der Waals surface area contributed by atoms with Crippen LogP contribution in [0.15, 0.2) is 41.4 Å². The van der Waals surface area contributed by atoms with Gasteiger partial charge in [-0.15, -0.1) is 0 Å². The molecular formula is C20H17F4N3O3S. The molecule has 1 aliphatic rings. The number of hydrogen-bond acceptors (Lipinski definition) is 3. The van der Waals surface area contributed by atoms with E-state index in [4.69, 9.17) is 0 Å². The van der Waals surface area contributed by atoms with Gasteiger partial charge in [-0.2, -0.15) is 4.31 Å². The Bertz CT molecular complexity index is 1280. The predicted octanol–water partition coefficient (Wildman–Crippen LogP) is 3.26. The number of amides is 1. The summed E-state index contributed by atoms with van der Waals surface area (Å²) in [6, 6.07) is 7.78. The highest BCUT2D eigenvalue weighted by molar-refractivity contribution is 7.89. The third-order valence-electron chi connectivity index (χ3n) is 5.32. The number of nitrogens with zero attached hydrogens (tertiary/aromatic N) is 2. The van der Waals surface area contributed by atoms with E-state index < -0.39 is 55.1 Å². The average Bonchev–Trinajstić information content (AvgIpc) is 3.22. The van der Waals surface area contributed by atoms with Crippen molar-refractivity contribution in [1.29, 1.82) is 0 Å². The summed E-state index contributed by atoms with van der Waals surface area (Å²) in [6.45, 7) is 1.59. The molecule has 3 aromatic rings. The summed E-state index contributed by atoms with van der Waals surface area (Å²) >= 11 is 0. The van der Waals surface area contributed by atoms with Gasteiger partial charge in [0.25, 0.3) is 5.91 Å². The zero-order valence-corrected chi connectivity index (χ0v) is 17.0. The summed E-state index contributed by atoms with van der Waals surface area (Å²) in [7, 11) is -4.41. The zero-order valence-electron chi connectivity index (χ0n) is 16.2. The lowest BCUT2D eigenvalue weighted by atomic mass is 10.1. The number of nitrogens with one attached hydrogen (secondary N) is 1.